The molecule has 0 spiro atoms. The molecule has 3 aromatic rings. The number of hydrogen-bond donors (Lipinski definition) is 1. The first-order valence-corrected chi connectivity index (χ1v) is 12.1. The van der Waals surface area contributed by atoms with Crippen LogP contribution in [0.4, 0.5) is 0 Å². The van der Waals surface area contributed by atoms with Gasteiger partial charge in [0, 0.05) is 26.1 Å². The molecule has 0 aliphatic heterocycles. The lowest BCUT2D eigenvalue weighted by atomic mass is 9.94. The van der Waals surface area contributed by atoms with Gasteiger partial charge < -0.3 is 14.8 Å². The van der Waals surface area contributed by atoms with Gasteiger partial charge in [-0.15, -0.1) is 0 Å². The Labute approximate surface area is 196 Å². The molecule has 6 nitrogen and oxygen atoms in total. The van der Waals surface area contributed by atoms with Gasteiger partial charge in [-0.05, 0) is 37.0 Å². The summed E-state index contributed by atoms with van der Waals surface area (Å²) in [6.07, 6.45) is 7.76. The lowest BCUT2D eigenvalue weighted by Crippen LogP contribution is -2.40. The number of rotatable bonds is 9. The van der Waals surface area contributed by atoms with Gasteiger partial charge in [0.1, 0.15) is 12.4 Å². The minimum Gasteiger partial charge on any atom is -0.356 e. The van der Waals surface area contributed by atoms with Gasteiger partial charge in [0.2, 0.25) is 11.8 Å². The molecule has 0 radical (unpaired) electrons. The Morgan fingerprint density at radius 2 is 1.76 bits per heavy atom. The monoisotopic (exact) mass is 446 g/mol. The van der Waals surface area contributed by atoms with E-state index in [9.17, 15) is 9.59 Å². The second kappa shape index (κ2) is 11.1. The molecule has 2 amide bonds. The van der Waals surface area contributed by atoms with Gasteiger partial charge in [0.25, 0.3) is 0 Å². The van der Waals surface area contributed by atoms with E-state index in [4.69, 9.17) is 4.98 Å². The maximum atomic E-state index is 13.1. The van der Waals surface area contributed by atoms with Crippen LogP contribution < -0.4 is 5.32 Å². The molecule has 1 aliphatic rings. The molecular formula is C27H34N4O2. The highest BCUT2D eigenvalue weighted by atomic mass is 16.2. The van der Waals surface area contributed by atoms with E-state index < -0.39 is 0 Å². The first-order chi connectivity index (χ1) is 16.1. The van der Waals surface area contributed by atoms with Crippen LogP contribution in [-0.4, -0.2) is 45.9 Å². The Balaban J connectivity index is 1.36. The number of imidazole rings is 1. The van der Waals surface area contributed by atoms with E-state index in [-0.39, 0.29) is 11.8 Å². The molecule has 1 aromatic heterocycles. The Hall–Kier alpha value is -3.15. The van der Waals surface area contributed by atoms with E-state index in [1.54, 1.807) is 0 Å². The molecule has 0 unspecified atom stereocenters. The van der Waals surface area contributed by atoms with Crippen molar-refractivity contribution < 1.29 is 9.59 Å². The van der Waals surface area contributed by atoms with Crippen LogP contribution in [0.2, 0.25) is 0 Å². The second-order valence-corrected chi connectivity index (χ2v) is 9.02. The molecule has 1 fully saturated rings. The average Bonchev–Trinajstić information content (AvgIpc) is 3.19. The molecule has 1 heterocycles. The van der Waals surface area contributed by atoms with Crippen LogP contribution in [0.1, 0.15) is 49.9 Å². The van der Waals surface area contributed by atoms with Gasteiger partial charge in [0.15, 0.2) is 0 Å². The van der Waals surface area contributed by atoms with Gasteiger partial charge >= 0.3 is 0 Å². The van der Waals surface area contributed by atoms with Crippen LogP contribution in [0.25, 0.3) is 11.0 Å². The summed E-state index contributed by atoms with van der Waals surface area (Å²) in [6.45, 7) is 0.897. The highest BCUT2D eigenvalue weighted by Crippen LogP contribution is 2.23. The van der Waals surface area contributed by atoms with Crippen LogP contribution >= 0.6 is 0 Å². The normalized spacial score (nSPS) is 14.3. The fourth-order valence-corrected chi connectivity index (χ4v) is 4.73. The third kappa shape index (κ3) is 6.01. The zero-order valence-corrected chi connectivity index (χ0v) is 19.5. The molecule has 1 N–H and O–H groups in total. The molecule has 1 saturated carbocycles. The van der Waals surface area contributed by atoms with Crippen LogP contribution in [0, 0.1) is 0 Å². The fourth-order valence-electron chi connectivity index (χ4n) is 4.73. The minimum absolute atomic E-state index is 0.0268. The maximum absolute atomic E-state index is 13.1. The van der Waals surface area contributed by atoms with E-state index in [0.717, 1.165) is 41.7 Å². The first kappa shape index (κ1) is 23.0. The topological polar surface area (TPSA) is 67.2 Å². The molecular weight excluding hydrogens is 412 g/mol. The van der Waals surface area contributed by atoms with Crippen molar-refractivity contribution in [2.24, 2.45) is 0 Å². The number of carbonyl (C=O) groups is 2. The van der Waals surface area contributed by atoms with Crippen molar-refractivity contribution in [3.8, 4) is 0 Å². The van der Waals surface area contributed by atoms with Gasteiger partial charge in [-0.1, -0.05) is 61.7 Å². The van der Waals surface area contributed by atoms with Crippen LogP contribution in [0.3, 0.4) is 0 Å². The Morgan fingerprint density at radius 3 is 2.55 bits per heavy atom. The summed E-state index contributed by atoms with van der Waals surface area (Å²) >= 11 is 0. The minimum atomic E-state index is 0.0268. The van der Waals surface area contributed by atoms with E-state index in [1.807, 2.05) is 66.5 Å². The first-order valence-electron chi connectivity index (χ1n) is 12.1. The summed E-state index contributed by atoms with van der Waals surface area (Å²) in [5.74, 6) is 1.07. The van der Waals surface area contributed by atoms with Crippen molar-refractivity contribution in [3.63, 3.8) is 0 Å². The molecule has 2 aromatic carbocycles. The largest absolute Gasteiger partial charge is 0.356 e. The number of nitrogens with zero attached hydrogens (tertiary/aromatic N) is 3. The number of aryl methyl sites for hydroxylation is 1. The molecule has 174 valence electrons. The molecule has 0 bridgehead atoms. The van der Waals surface area contributed by atoms with Gasteiger partial charge in [-0.3, -0.25) is 9.59 Å². The maximum Gasteiger partial charge on any atom is 0.242 e. The van der Waals surface area contributed by atoms with Crippen molar-refractivity contribution >= 4 is 22.8 Å². The molecule has 1 aliphatic carbocycles. The van der Waals surface area contributed by atoms with Crippen molar-refractivity contribution in [3.05, 3.63) is 66.0 Å². The molecule has 33 heavy (non-hydrogen) atoms. The summed E-state index contributed by atoms with van der Waals surface area (Å²) < 4.78 is 2.06. The summed E-state index contributed by atoms with van der Waals surface area (Å²) in [5.41, 5.74) is 2.91. The van der Waals surface area contributed by atoms with E-state index in [0.29, 0.717) is 32.0 Å². The number of carbonyl (C=O) groups excluding carboxylic acids is 2. The number of amides is 2. The molecule has 0 saturated heterocycles. The fraction of sp³-hybridized carbons (Fsp3) is 0.444. The quantitative estimate of drug-likeness (QED) is 0.503. The lowest BCUT2D eigenvalue weighted by molar-refractivity contribution is -0.133. The Bertz CT molecular complexity index is 1070. The van der Waals surface area contributed by atoms with Crippen LogP contribution in [0.15, 0.2) is 54.6 Å². The number of likely N-dealkylation sites (N-methyl/N-ethyl adjacent to an activating group) is 1. The van der Waals surface area contributed by atoms with Crippen molar-refractivity contribution in [2.45, 2.75) is 64.0 Å². The summed E-state index contributed by atoms with van der Waals surface area (Å²) in [4.78, 5) is 32.1. The summed E-state index contributed by atoms with van der Waals surface area (Å²) in [6, 6.07) is 18.1. The molecule has 0 atom stereocenters. The van der Waals surface area contributed by atoms with Crippen molar-refractivity contribution in [1.29, 1.82) is 0 Å². The standard InChI is InChI=1S/C27H34N4O2/c1-30(22-13-6-3-7-14-22)27(33)20-31-24-16-9-8-15-23(24)29-25(31)17-10-18-28-26(32)19-21-11-4-2-5-12-21/h2,4-5,8-9,11-12,15-16,22H,3,6-7,10,13-14,17-20H2,1H3,(H,28,32). The number of para-hydroxylation sites is 2. The number of hydrogen-bond acceptors (Lipinski definition) is 3. The Kier molecular flexibility index (Phi) is 7.76. The van der Waals surface area contributed by atoms with Gasteiger partial charge in [-0.25, -0.2) is 4.98 Å². The van der Waals surface area contributed by atoms with Gasteiger partial charge in [-0.2, -0.15) is 0 Å². The summed E-state index contributed by atoms with van der Waals surface area (Å²) in [5, 5.41) is 3.01. The number of benzene rings is 2. The second-order valence-electron chi connectivity index (χ2n) is 9.02. The molecule has 6 heteroatoms. The lowest BCUT2D eigenvalue weighted by Gasteiger charge is -2.31. The smallest absolute Gasteiger partial charge is 0.242 e. The number of nitrogens with one attached hydrogen (secondary N) is 1. The third-order valence-corrected chi connectivity index (χ3v) is 6.65. The Morgan fingerprint density at radius 1 is 1.03 bits per heavy atom. The van der Waals surface area contributed by atoms with Crippen LogP contribution in [-0.2, 0) is 29.0 Å². The summed E-state index contributed by atoms with van der Waals surface area (Å²) in [7, 11) is 1.94. The predicted molar refractivity (Wildman–Crippen MR) is 131 cm³/mol. The number of fused-ring (bicyclic) bond motifs is 1. The van der Waals surface area contributed by atoms with E-state index >= 15 is 0 Å². The zero-order chi connectivity index (χ0) is 23.0. The third-order valence-electron chi connectivity index (χ3n) is 6.65. The predicted octanol–water partition coefficient (Wildman–Crippen LogP) is 4.12. The van der Waals surface area contributed by atoms with Crippen molar-refractivity contribution in [1.82, 2.24) is 19.8 Å². The van der Waals surface area contributed by atoms with E-state index in [2.05, 4.69) is 9.88 Å². The number of aromatic nitrogens is 2. The van der Waals surface area contributed by atoms with Gasteiger partial charge in [0.05, 0.1) is 17.5 Å². The SMILES string of the molecule is CN(C(=O)Cn1c(CCCNC(=O)Cc2ccccc2)nc2ccccc21)C1CCCCC1. The highest BCUT2D eigenvalue weighted by molar-refractivity contribution is 5.81. The zero-order valence-electron chi connectivity index (χ0n) is 19.5. The highest BCUT2D eigenvalue weighted by Gasteiger charge is 2.23. The molecule has 4 rings (SSSR count). The average molecular weight is 447 g/mol. The van der Waals surface area contributed by atoms with E-state index in [1.165, 1.54) is 19.3 Å². The van der Waals surface area contributed by atoms with Crippen molar-refractivity contribution in [2.75, 3.05) is 13.6 Å². The van der Waals surface area contributed by atoms with Crippen LogP contribution in [0.5, 0.6) is 0 Å².